The molecule has 0 aliphatic rings. The Hall–Kier alpha value is -1.36. The van der Waals surface area contributed by atoms with Crippen LogP contribution in [-0.4, -0.2) is 20.6 Å². The van der Waals surface area contributed by atoms with E-state index in [2.05, 4.69) is 39.3 Å². The minimum atomic E-state index is -0.940. The van der Waals surface area contributed by atoms with Gasteiger partial charge in [0.25, 0.3) is 0 Å². The molecule has 0 fully saturated rings. The summed E-state index contributed by atoms with van der Waals surface area (Å²) in [5.41, 5.74) is 1.91. The number of hydrogen-bond donors (Lipinski definition) is 1. The molecule has 0 aliphatic heterocycles. The van der Waals surface area contributed by atoms with Crippen molar-refractivity contribution in [1.29, 1.82) is 0 Å². The van der Waals surface area contributed by atoms with Gasteiger partial charge in [-0.3, -0.25) is 0 Å². The molecule has 1 aromatic heterocycles. The van der Waals surface area contributed by atoms with E-state index in [0.717, 1.165) is 15.8 Å². The summed E-state index contributed by atoms with van der Waals surface area (Å²) in [5.74, 6) is -0.0532. The molecule has 0 amide bonds. The van der Waals surface area contributed by atoms with Crippen LogP contribution >= 0.6 is 15.9 Å². The summed E-state index contributed by atoms with van der Waals surface area (Å²) in [6.07, 6.45) is 0. The lowest BCUT2D eigenvalue weighted by molar-refractivity contribution is 0.0697. The summed E-state index contributed by atoms with van der Waals surface area (Å²) in [5, 5.41) is 9.00. The van der Waals surface area contributed by atoms with Crippen molar-refractivity contribution in [2.75, 3.05) is 0 Å². The number of nitrogens with zero attached hydrogens (tertiary/aromatic N) is 2. The Morgan fingerprint density at radius 1 is 1.47 bits per heavy atom. The third-order valence-electron chi connectivity index (χ3n) is 2.68. The number of fused-ring (bicyclic) bond motifs is 1. The first-order valence-corrected chi connectivity index (χ1v) is 6.12. The number of carboxylic acids is 1. The number of aryl methyl sites for hydroxylation is 1. The van der Waals surface area contributed by atoms with Crippen molar-refractivity contribution in [1.82, 2.24) is 9.55 Å². The second kappa shape index (κ2) is 4.14. The first kappa shape index (κ1) is 12.1. The second-order valence-corrected chi connectivity index (χ2v) is 5.11. The van der Waals surface area contributed by atoms with Gasteiger partial charge in [0.2, 0.25) is 0 Å². The monoisotopic (exact) mass is 296 g/mol. The van der Waals surface area contributed by atoms with E-state index in [9.17, 15) is 4.79 Å². The Morgan fingerprint density at radius 2 is 2.12 bits per heavy atom. The number of rotatable bonds is 2. The summed E-state index contributed by atoms with van der Waals surface area (Å²) in [6.45, 7) is 6.07. The number of halogens is 1. The molecule has 1 aromatic carbocycles. The lowest BCUT2D eigenvalue weighted by Crippen LogP contribution is -2.03. The predicted octanol–water partition coefficient (Wildman–Crippen LogP) is 3.39. The number of carboxylic acid groups (broad SMARTS) is 1. The molecule has 1 heterocycles. The predicted molar refractivity (Wildman–Crippen MR) is 69.5 cm³/mol. The largest absolute Gasteiger partial charge is 0.478 e. The number of aromatic carboxylic acids is 1. The number of carbonyl (C=O) groups is 1. The standard InChI is InChI=1S/C12H13BrN2O2/c1-6(2)15-7(3)14-10-5-8(12(16)17)4-9(13)11(10)15/h4-6H,1-3H3,(H,16,17). The average molecular weight is 297 g/mol. The molecule has 0 aliphatic carbocycles. The van der Waals surface area contributed by atoms with Crippen molar-refractivity contribution in [2.24, 2.45) is 0 Å². The van der Waals surface area contributed by atoms with E-state index in [-0.39, 0.29) is 11.6 Å². The quantitative estimate of drug-likeness (QED) is 0.924. The zero-order valence-corrected chi connectivity index (χ0v) is 11.4. The Balaban J connectivity index is 2.81. The summed E-state index contributed by atoms with van der Waals surface area (Å²) in [4.78, 5) is 15.4. The molecule has 5 heteroatoms. The number of aromatic nitrogens is 2. The van der Waals surface area contributed by atoms with E-state index < -0.39 is 5.97 Å². The van der Waals surface area contributed by atoms with Gasteiger partial charge >= 0.3 is 5.97 Å². The zero-order valence-electron chi connectivity index (χ0n) is 9.86. The zero-order chi connectivity index (χ0) is 12.7. The van der Waals surface area contributed by atoms with Gasteiger partial charge in [-0.1, -0.05) is 0 Å². The fourth-order valence-corrected chi connectivity index (χ4v) is 2.69. The summed E-state index contributed by atoms with van der Waals surface area (Å²) >= 11 is 3.42. The van der Waals surface area contributed by atoms with Crippen LogP contribution in [0.5, 0.6) is 0 Å². The second-order valence-electron chi connectivity index (χ2n) is 4.25. The normalized spacial score (nSPS) is 11.4. The highest BCUT2D eigenvalue weighted by molar-refractivity contribution is 9.10. The fourth-order valence-electron chi connectivity index (χ4n) is 2.05. The highest BCUT2D eigenvalue weighted by Crippen LogP contribution is 2.29. The van der Waals surface area contributed by atoms with Crippen LogP contribution in [0.1, 0.15) is 36.1 Å². The van der Waals surface area contributed by atoms with Crippen molar-refractivity contribution in [3.8, 4) is 0 Å². The van der Waals surface area contributed by atoms with Crippen molar-refractivity contribution in [3.05, 3.63) is 28.0 Å². The third-order valence-corrected chi connectivity index (χ3v) is 3.28. The molecule has 2 aromatic rings. The molecule has 90 valence electrons. The van der Waals surface area contributed by atoms with Crippen LogP contribution in [0.2, 0.25) is 0 Å². The van der Waals surface area contributed by atoms with Crippen LogP contribution in [0.4, 0.5) is 0 Å². The van der Waals surface area contributed by atoms with Crippen molar-refractivity contribution < 1.29 is 9.90 Å². The van der Waals surface area contributed by atoms with Crippen molar-refractivity contribution in [3.63, 3.8) is 0 Å². The van der Waals surface area contributed by atoms with Crippen LogP contribution in [0.15, 0.2) is 16.6 Å². The van der Waals surface area contributed by atoms with E-state index in [1.54, 1.807) is 12.1 Å². The first-order valence-electron chi connectivity index (χ1n) is 5.33. The van der Waals surface area contributed by atoms with E-state index >= 15 is 0 Å². The highest BCUT2D eigenvalue weighted by Gasteiger charge is 2.15. The molecule has 17 heavy (non-hydrogen) atoms. The van der Waals surface area contributed by atoms with Crippen LogP contribution in [0.25, 0.3) is 11.0 Å². The van der Waals surface area contributed by atoms with E-state index in [0.29, 0.717) is 5.52 Å². The number of benzene rings is 1. The van der Waals surface area contributed by atoms with Crippen molar-refractivity contribution >= 4 is 32.9 Å². The van der Waals surface area contributed by atoms with Crippen LogP contribution in [0, 0.1) is 6.92 Å². The number of imidazole rings is 1. The van der Waals surface area contributed by atoms with E-state index in [1.165, 1.54) is 0 Å². The molecular formula is C12H13BrN2O2. The summed E-state index contributed by atoms with van der Waals surface area (Å²) in [6, 6.07) is 3.51. The lowest BCUT2D eigenvalue weighted by atomic mass is 10.2. The van der Waals surface area contributed by atoms with Gasteiger partial charge in [0, 0.05) is 10.5 Å². The van der Waals surface area contributed by atoms with Crippen LogP contribution < -0.4 is 0 Å². The van der Waals surface area contributed by atoms with Gasteiger partial charge in [-0.05, 0) is 48.8 Å². The molecule has 0 spiro atoms. The van der Waals surface area contributed by atoms with Gasteiger partial charge in [0.1, 0.15) is 5.82 Å². The molecule has 0 bridgehead atoms. The van der Waals surface area contributed by atoms with E-state index in [4.69, 9.17) is 5.11 Å². The number of hydrogen-bond acceptors (Lipinski definition) is 2. The molecule has 0 saturated heterocycles. The first-order chi connectivity index (χ1) is 7.91. The molecule has 0 atom stereocenters. The Labute approximate surface area is 107 Å². The maximum atomic E-state index is 11.0. The minimum absolute atomic E-state index is 0.248. The fraction of sp³-hybridized carbons (Fsp3) is 0.333. The Morgan fingerprint density at radius 3 is 2.65 bits per heavy atom. The SMILES string of the molecule is Cc1nc2cc(C(=O)O)cc(Br)c2n1C(C)C. The van der Waals surface area contributed by atoms with Gasteiger partial charge in [0.05, 0.1) is 16.6 Å². The molecule has 2 rings (SSSR count). The van der Waals surface area contributed by atoms with Gasteiger partial charge in [-0.15, -0.1) is 0 Å². The average Bonchev–Trinajstić information content (AvgIpc) is 2.54. The highest BCUT2D eigenvalue weighted by atomic mass is 79.9. The molecule has 4 nitrogen and oxygen atoms in total. The maximum absolute atomic E-state index is 11.0. The summed E-state index contributed by atoms with van der Waals surface area (Å²) in [7, 11) is 0. The molecule has 0 saturated carbocycles. The van der Waals surface area contributed by atoms with Gasteiger partial charge in [-0.25, -0.2) is 9.78 Å². The van der Waals surface area contributed by atoms with Gasteiger partial charge < -0.3 is 9.67 Å². The van der Waals surface area contributed by atoms with Crippen molar-refractivity contribution in [2.45, 2.75) is 26.8 Å². The van der Waals surface area contributed by atoms with Gasteiger partial charge in [0.15, 0.2) is 0 Å². The van der Waals surface area contributed by atoms with Crippen LogP contribution in [0.3, 0.4) is 0 Å². The maximum Gasteiger partial charge on any atom is 0.335 e. The van der Waals surface area contributed by atoms with Gasteiger partial charge in [-0.2, -0.15) is 0 Å². The molecule has 0 radical (unpaired) electrons. The smallest absolute Gasteiger partial charge is 0.335 e. The van der Waals surface area contributed by atoms with Crippen LogP contribution in [-0.2, 0) is 0 Å². The topological polar surface area (TPSA) is 55.1 Å². The Bertz CT molecular complexity index is 602. The lowest BCUT2D eigenvalue weighted by Gasteiger charge is -2.11. The van der Waals surface area contributed by atoms with E-state index in [1.807, 2.05) is 6.92 Å². The molecule has 0 unspecified atom stereocenters. The summed E-state index contributed by atoms with van der Waals surface area (Å²) < 4.78 is 2.85. The minimum Gasteiger partial charge on any atom is -0.478 e. The third kappa shape index (κ3) is 1.95. The molecular weight excluding hydrogens is 284 g/mol. The molecule has 1 N–H and O–H groups in total. The Kier molecular flexibility index (Phi) is 2.95.